The first kappa shape index (κ1) is 10.7. The van der Waals surface area contributed by atoms with Crippen LogP contribution >= 0.6 is 0 Å². The van der Waals surface area contributed by atoms with Crippen molar-refractivity contribution in [2.45, 2.75) is 45.6 Å². The van der Waals surface area contributed by atoms with Crippen molar-refractivity contribution in [2.75, 3.05) is 0 Å². The highest BCUT2D eigenvalue weighted by Gasteiger charge is 2.26. The molecule has 1 fully saturated rings. The zero-order valence-corrected chi connectivity index (χ0v) is 9.83. The minimum Gasteiger partial charge on any atom is -0.388 e. The second kappa shape index (κ2) is 3.64. The van der Waals surface area contributed by atoms with E-state index in [0.29, 0.717) is 0 Å². The molecule has 0 aliphatic heterocycles. The number of aliphatic hydroxyl groups is 1. The van der Waals surface area contributed by atoms with Gasteiger partial charge in [0.25, 0.3) is 0 Å². The minimum atomic E-state index is -0.370. The molecule has 0 amide bonds. The molecule has 0 bridgehead atoms. The van der Waals surface area contributed by atoms with Gasteiger partial charge in [0.1, 0.15) is 0 Å². The molecule has 1 aromatic carbocycles. The maximum absolute atomic E-state index is 10.1. The summed E-state index contributed by atoms with van der Waals surface area (Å²) < 4.78 is 0. The highest BCUT2D eigenvalue weighted by atomic mass is 16.3. The summed E-state index contributed by atoms with van der Waals surface area (Å²) in [5.41, 5.74) is 2.38. The quantitative estimate of drug-likeness (QED) is 0.779. The van der Waals surface area contributed by atoms with Gasteiger partial charge in [-0.2, -0.15) is 0 Å². The van der Waals surface area contributed by atoms with Gasteiger partial charge < -0.3 is 5.11 Å². The molecule has 1 heteroatoms. The van der Waals surface area contributed by atoms with Gasteiger partial charge in [-0.3, -0.25) is 0 Å². The topological polar surface area (TPSA) is 20.2 Å². The number of aliphatic hydroxyl groups excluding tert-OH is 1. The van der Waals surface area contributed by atoms with Gasteiger partial charge in [0.2, 0.25) is 0 Å². The Morgan fingerprint density at radius 2 is 1.67 bits per heavy atom. The van der Waals surface area contributed by atoms with Crippen molar-refractivity contribution in [1.82, 2.24) is 0 Å². The lowest BCUT2D eigenvalue weighted by atomic mass is 9.84. The maximum Gasteiger partial charge on any atom is 0.0838 e. The van der Waals surface area contributed by atoms with Gasteiger partial charge >= 0.3 is 0 Å². The zero-order chi connectivity index (χ0) is 11.1. The molecule has 1 unspecified atom stereocenters. The van der Waals surface area contributed by atoms with Crippen LogP contribution in [0.15, 0.2) is 24.3 Å². The molecule has 1 aliphatic rings. The summed E-state index contributed by atoms with van der Waals surface area (Å²) in [6, 6.07) is 8.48. The monoisotopic (exact) mass is 204 g/mol. The Hall–Kier alpha value is -0.820. The summed E-state index contributed by atoms with van der Waals surface area (Å²) in [5, 5.41) is 10.1. The lowest BCUT2D eigenvalue weighted by Gasteiger charge is -2.26. The average Bonchev–Trinajstić information content (AvgIpc) is 2.99. The maximum atomic E-state index is 10.1. The molecule has 0 aromatic heterocycles. The van der Waals surface area contributed by atoms with E-state index < -0.39 is 0 Å². The van der Waals surface area contributed by atoms with E-state index in [0.717, 1.165) is 11.5 Å². The number of hydrogen-bond donors (Lipinski definition) is 1. The summed E-state index contributed by atoms with van der Waals surface area (Å²) in [6.07, 6.45) is 2.30. The van der Waals surface area contributed by atoms with E-state index >= 15 is 0 Å². The first-order valence-corrected chi connectivity index (χ1v) is 5.76. The highest BCUT2D eigenvalue weighted by Crippen LogP contribution is 2.41. The molecule has 0 radical (unpaired) electrons. The van der Waals surface area contributed by atoms with Crippen LogP contribution in [-0.2, 0) is 0 Å². The Labute approximate surface area is 92.1 Å². The van der Waals surface area contributed by atoms with E-state index in [2.05, 4.69) is 45.0 Å². The SMILES string of the molecule is CC(C)(C)C(O)c1ccc(C2CC2)cc1. The van der Waals surface area contributed by atoms with Crippen LogP contribution in [0.4, 0.5) is 0 Å². The van der Waals surface area contributed by atoms with Gasteiger partial charge in [-0.25, -0.2) is 0 Å². The predicted molar refractivity (Wildman–Crippen MR) is 62.8 cm³/mol. The van der Waals surface area contributed by atoms with Crippen molar-refractivity contribution in [3.05, 3.63) is 35.4 Å². The van der Waals surface area contributed by atoms with Gasteiger partial charge in [-0.1, -0.05) is 45.0 Å². The van der Waals surface area contributed by atoms with Crippen molar-refractivity contribution in [1.29, 1.82) is 0 Å². The summed E-state index contributed by atoms with van der Waals surface area (Å²) in [6.45, 7) is 6.19. The third kappa shape index (κ3) is 2.40. The average molecular weight is 204 g/mol. The van der Waals surface area contributed by atoms with E-state index in [4.69, 9.17) is 0 Å². The minimum absolute atomic E-state index is 0.0822. The second-order valence-corrected chi connectivity index (χ2v) is 5.71. The third-order valence-corrected chi connectivity index (χ3v) is 3.12. The molecule has 1 aromatic rings. The van der Waals surface area contributed by atoms with Crippen LogP contribution in [0.25, 0.3) is 0 Å². The molecule has 1 saturated carbocycles. The smallest absolute Gasteiger partial charge is 0.0838 e. The van der Waals surface area contributed by atoms with Crippen LogP contribution in [-0.4, -0.2) is 5.11 Å². The van der Waals surface area contributed by atoms with Crippen molar-refractivity contribution >= 4 is 0 Å². The Balaban J connectivity index is 2.15. The molecule has 1 aliphatic carbocycles. The molecule has 0 heterocycles. The van der Waals surface area contributed by atoms with Crippen LogP contribution in [0.1, 0.15) is 56.8 Å². The van der Waals surface area contributed by atoms with Crippen molar-refractivity contribution in [2.24, 2.45) is 5.41 Å². The van der Waals surface area contributed by atoms with Crippen LogP contribution in [0.5, 0.6) is 0 Å². The fourth-order valence-corrected chi connectivity index (χ4v) is 1.87. The molecular formula is C14H20O. The van der Waals surface area contributed by atoms with Gasteiger partial charge in [-0.05, 0) is 35.3 Å². The fourth-order valence-electron chi connectivity index (χ4n) is 1.87. The number of hydrogen-bond acceptors (Lipinski definition) is 1. The summed E-state index contributed by atoms with van der Waals surface area (Å²) >= 11 is 0. The van der Waals surface area contributed by atoms with Gasteiger partial charge in [-0.15, -0.1) is 0 Å². The van der Waals surface area contributed by atoms with Crippen molar-refractivity contribution < 1.29 is 5.11 Å². The summed E-state index contributed by atoms with van der Waals surface area (Å²) in [5.74, 6) is 0.797. The van der Waals surface area contributed by atoms with E-state index in [-0.39, 0.29) is 11.5 Å². The molecule has 0 saturated heterocycles. The lowest BCUT2D eigenvalue weighted by molar-refractivity contribution is 0.0626. The fraction of sp³-hybridized carbons (Fsp3) is 0.571. The normalized spacial score (nSPS) is 18.9. The first-order chi connectivity index (χ1) is 6.98. The molecule has 0 spiro atoms. The van der Waals surface area contributed by atoms with Crippen LogP contribution in [0.2, 0.25) is 0 Å². The van der Waals surface area contributed by atoms with E-state index in [9.17, 15) is 5.11 Å². The molecule has 1 N–H and O–H groups in total. The van der Waals surface area contributed by atoms with E-state index in [1.54, 1.807) is 0 Å². The van der Waals surface area contributed by atoms with E-state index in [1.165, 1.54) is 18.4 Å². The summed E-state index contributed by atoms with van der Waals surface area (Å²) in [4.78, 5) is 0. The van der Waals surface area contributed by atoms with Gasteiger partial charge in [0, 0.05) is 0 Å². The first-order valence-electron chi connectivity index (χ1n) is 5.76. The Morgan fingerprint density at radius 3 is 2.07 bits per heavy atom. The molecule has 82 valence electrons. The standard InChI is InChI=1S/C14H20O/c1-14(2,3)13(15)12-8-6-11(7-9-12)10-4-5-10/h6-10,13,15H,4-5H2,1-3H3. The number of benzene rings is 1. The molecule has 15 heavy (non-hydrogen) atoms. The van der Waals surface area contributed by atoms with Gasteiger partial charge in [0.05, 0.1) is 6.10 Å². The van der Waals surface area contributed by atoms with Gasteiger partial charge in [0.15, 0.2) is 0 Å². The van der Waals surface area contributed by atoms with Crippen molar-refractivity contribution in [3.8, 4) is 0 Å². The van der Waals surface area contributed by atoms with Crippen LogP contribution in [0.3, 0.4) is 0 Å². The Kier molecular flexibility index (Phi) is 2.59. The second-order valence-electron chi connectivity index (χ2n) is 5.71. The molecule has 2 rings (SSSR count). The van der Waals surface area contributed by atoms with Crippen LogP contribution < -0.4 is 0 Å². The molecule has 1 atom stereocenters. The van der Waals surface area contributed by atoms with E-state index in [1.807, 2.05) is 0 Å². The third-order valence-electron chi connectivity index (χ3n) is 3.12. The lowest BCUT2D eigenvalue weighted by Crippen LogP contribution is -2.17. The zero-order valence-electron chi connectivity index (χ0n) is 9.83. The van der Waals surface area contributed by atoms with Crippen molar-refractivity contribution in [3.63, 3.8) is 0 Å². The Bertz CT molecular complexity index is 327. The predicted octanol–water partition coefficient (Wildman–Crippen LogP) is 3.64. The highest BCUT2D eigenvalue weighted by molar-refractivity contribution is 5.29. The molecule has 1 nitrogen and oxygen atoms in total. The molecular weight excluding hydrogens is 184 g/mol. The number of rotatable bonds is 2. The van der Waals surface area contributed by atoms with Crippen LogP contribution in [0, 0.1) is 5.41 Å². The summed E-state index contributed by atoms with van der Waals surface area (Å²) in [7, 11) is 0. The largest absolute Gasteiger partial charge is 0.388 e. The Morgan fingerprint density at radius 1 is 1.13 bits per heavy atom.